The quantitative estimate of drug-likeness (QED) is 0.758. The Labute approximate surface area is 173 Å². The first-order chi connectivity index (χ1) is 13.4. The van der Waals surface area contributed by atoms with Crippen molar-refractivity contribution in [3.05, 3.63) is 34.9 Å². The number of hydrogen-bond acceptors (Lipinski definition) is 3. The number of benzene rings is 1. The van der Waals surface area contributed by atoms with Crippen LogP contribution in [-0.2, 0) is 21.4 Å². The van der Waals surface area contributed by atoms with Gasteiger partial charge in [-0.2, -0.15) is 17.0 Å². The molecule has 1 atom stereocenters. The fourth-order valence-electron chi connectivity index (χ4n) is 3.87. The Kier molecular flexibility index (Phi) is 7.36. The van der Waals surface area contributed by atoms with Crippen LogP contribution in [0.2, 0.25) is 5.02 Å². The fraction of sp³-hybridized carbons (Fsp3) is 0.650. The van der Waals surface area contributed by atoms with Crippen LogP contribution in [0.5, 0.6) is 0 Å². The van der Waals surface area contributed by atoms with Crippen LogP contribution in [0, 0.1) is 11.8 Å². The van der Waals surface area contributed by atoms with Crippen LogP contribution in [0.1, 0.15) is 38.2 Å². The fourth-order valence-corrected chi connectivity index (χ4v) is 5.72. The summed E-state index contributed by atoms with van der Waals surface area (Å²) in [7, 11) is -3.47. The summed E-state index contributed by atoms with van der Waals surface area (Å²) >= 11 is 5.88. The number of nitrogens with zero attached hydrogens (tertiary/aromatic N) is 2. The summed E-state index contributed by atoms with van der Waals surface area (Å²) in [6.45, 7) is 4.64. The standard InChI is InChI=1S/C20H30ClN3O3S/c1-16-9-13-23(14-10-16)28(26,27)24-12-2-3-18(15-24)20(25)22-11-8-17-4-6-19(21)7-5-17/h4-7,16,18H,2-3,8-15H2,1H3,(H,22,25)/t18-/m0/s1. The highest BCUT2D eigenvalue weighted by atomic mass is 35.5. The second kappa shape index (κ2) is 9.57. The summed E-state index contributed by atoms with van der Waals surface area (Å²) in [6.07, 6.45) is 3.99. The van der Waals surface area contributed by atoms with E-state index in [2.05, 4.69) is 12.2 Å². The first-order valence-corrected chi connectivity index (χ1v) is 11.9. The van der Waals surface area contributed by atoms with Gasteiger partial charge in [-0.15, -0.1) is 0 Å². The molecule has 2 fully saturated rings. The second-order valence-electron chi connectivity index (χ2n) is 7.95. The van der Waals surface area contributed by atoms with Crippen LogP contribution in [0.15, 0.2) is 24.3 Å². The molecule has 8 heteroatoms. The number of hydrogen-bond donors (Lipinski definition) is 1. The van der Waals surface area contributed by atoms with Crippen molar-refractivity contribution in [3.8, 4) is 0 Å². The molecule has 0 aliphatic carbocycles. The Bertz CT molecular complexity index is 761. The molecule has 0 unspecified atom stereocenters. The molecule has 0 bridgehead atoms. The molecule has 0 radical (unpaired) electrons. The Hall–Kier alpha value is -1.15. The molecule has 2 aliphatic rings. The van der Waals surface area contributed by atoms with E-state index in [-0.39, 0.29) is 18.4 Å². The molecule has 6 nitrogen and oxygen atoms in total. The topological polar surface area (TPSA) is 69.7 Å². The molecule has 0 saturated carbocycles. The van der Waals surface area contributed by atoms with Gasteiger partial charge in [-0.25, -0.2) is 0 Å². The molecule has 2 aliphatic heterocycles. The highest BCUT2D eigenvalue weighted by Gasteiger charge is 2.36. The number of nitrogens with one attached hydrogen (secondary N) is 1. The van der Waals surface area contributed by atoms with Gasteiger partial charge < -0.3 is 5.32 Å². The third-order valence-electron chi connectivity index (χ3n) is 5.78. The van der Waals surface area contributed by atoms with Crippen molar-refractivity contribution in [1.82, 2.24) is 13.9 Å². The van der Waals surface area contributed by atoms with Gasteiger partial charge in [0, 0.05) is 37.7 Å². The van der Waals surface area contributed by atoms with Crippen LogP contribution < -0.4 is 5.32 Å². The lowest BCUT2D eigenvalue weighted by Gasteiger charge is -2.37. The number of amides is 1. The van der Waals surface area contributed by atoms with E-state index < -0.39 is 10.2 Å². The third kappa shape index (κ3) is 5.47. The van der Waals surface area contributed by atoms with Gasteiger partial charge in [-0.1, -0.05) is 30.7 Å². The monoisotopic (exact) mass is 427 g/mol. The number of rotatable bonds is 6. The predicted octanol–water partition coefficient (Wildman–Crippen LogP) is 2.69. The van der Waals surface area contributed by atoms with E-state index in [9.17, 15) is 13.2 Å². The van der Waals surface area contributed by atoms with Gasteiger partial charge in [0.15, 0.2) is 0 Å². The Balaban J connectivity index is 1.50. The van der Waals surface area contributed by atoms with Gasteiger partial charge in [0.2, 0.25) is 5.91 Å². The normalized spacial score (nSPS) is 22.9. The maximum atomic E-state index is 13.0. The van der Waals surface area contributed by atoms with E-state index in [1.807, 2.05) is 24.3 Å². The van der Waals surface area contributed by atoms with Crippen molar-refractivity contribution in [1.29, 1.82) is 0 Å². The molecule has 2 saturated heterocycles. The summed E-state index contributed by atoms with van der Waals surface area (Å²) in [6, 6.07) is 7.57. The lowest BCUT2D eigenvalue weighted by atomic mass is 9.99. The van der Waals surface area contributed by atoms with Crippen molar-refractivity contribution in [2.45, 2.75) is 39.0 Å². The summed E-state index contributed by atoms with van der Waals surface area (Å²) in [5.74, 6) is 0.241. The first-order valence-electron chi connectivity index (χ1n) is 10.1. The second-order valence-corrected chi connectivity index (χ2v) is 10.3. The van der Waals surface area contributed by atoms with Gasteiger partial charge in [-0.3, -0.25) is 4.79 Å². The lowest BCUT2D eigenvalue weighted by molar-refractivity contribution is -0.126. The predicted molar refractivity (Wildman–Crippen MR) is 111 cm³/mol. The highest BCUT2D eigenvalue weighted by Crippen LogP contribution is 2.25. The van der Waals surface area contributed by atoms with Crippen molar-refractivity contribution in [2.75, 3.05) is 32.7 Å². The molecule has 1 N–H and O–H groups in total. The maximum absolute atomic E-state index is 13.0. The molecule has 1 amide bonds. The maximum Gasteiger partial charge on any atom is 0.281 e. The lowest BCUT2D eigenvalue weighted by Crippen LogP contribution is -2.52. The van der Waals surface area contributed by atoms with E-state index in [1.165, 1.54) is 4.31 Å². The van der Waals surface area contributed by atoms with E-state index in [1.54, 1.807) is 4.31 Å². The molecule has 0 spiro atoms. The van der Waals surface area contributed by atoms with Crippen molar-refractivity contribution in [2.24, 2.45) is 11.8 Å². The summed E-state index contributed by atoms with van der Waals surface area (Å²) in [5.41, 5.74) is 1.11. The SMILES string of the molecule is CC1CCN(S(=O)(=O)N2CCC[C@H](C(=O)NCCc3ccc(Cl)cc3)C2)CC1. The van der Waals surface area contributed by atoms with Gasteiger partial charge >= 0.3 is 0 Å². The molecular weight excluding hydrogens is 398 g/mol. The average Bonchev–Trinajstić information content (AvgIpc) is 2.70. The Morgan fingerprint density at radius 1 is 1.11 bits per heavy atom. The molecule has 1 aromatic carbocycles. The minimum atomic E-state index is -3.47. The van der Waals surface area contributed by atoms with Gasteiger partial charge in [-0.05, 0) is 55.7 Å². The van der Waals surface area contributed by atoms with Crippen LogP contribution >= 0.6 is 11.6 Å². The molecule has 1 aromatic rings. The van der Waals surface area contributed by atoms with Crippen LogP contribution in [0.25, 0.3) is 0 Å². The third-order valence-corrected chi connectivity index (χ3v) is 8.03. The zero-order valence-corrected chi connectivity index (χ0v) is 18.0. The number of halogens is 1. The minimum absolute atomic E-state index is 0.0545. The molecular formula is C20H30ClN3O3S. The average molecular weight is 428 g/mol. The van der Waals surface area contributed by atoms with Crippen LogP contribution in [0.3, 0.4) is 0 Å². The van der Waals surface area contributed by atoms with Crippen molar-refractivity contribution < 1.29 is 13.2 Å². The smallest absolute Gasteiger partial charge is 0.281 e. The molecule has 3 rings (SSSR count). The number of piperidine rings is 2. The first kappa shape index (κ1) is 21.6. The van der Waals surface area contributed by atoms with Gasteiger partial charge in [0.1, 0.15) is 0 Å². The van der Waals surface area contributed by atoms with Crippen LogP contribution in [-0.4, -0.2) is 55.7 Å². The molecule has 28 heavy (non-hydrogen) atoms. The van der Waals surface area contributed by atoms with Crippen molar-refractivity contribution >= 4 is 27.7 Å². The van der Waals surface area contributed by atoms with E-state index >= 15 is 0 Å². The Morgan fingerprint density at radius 2 is 1.79 bits per heavy atom. The van der Waals surface area contributed by atoms with E-state index in [0.29, 0.717) is 37.1 Å². The summed E-state index contributed by atoms with van der Waals surface area (Å²) in [4.78, 5) is 12.6. The van der Waals surface area contributed by atoms with E-state index in [4.69, 9.17) is 11.6 Å². The minimum Gasteiger partial charge on any atom is -0.355 e. The van der Waals surface area contributed by atoms with E-state index in [0.717, 1.165) is 37.7 Å². The number of carbonyl (C=O) groups is 1. The van der Waals surface area contributed by atoms with Crippen LogP contribution in [0.4, 0.5) is 0 Å². The van der Waals surface area contributed by atoms with Gasteiger partial charge in [0.05, 0.1) is 5.92 Å². The molecule has 2 heterocycles. The summed E-state index contributed by atoms with van der Waals surface area (Å²) in [5, 5.41) is 3.66. The highest BCUT2D eigenvalue weighted by molar-refractivity contribution is 7.86. The molecule has 156 valence electrons. The zero-order chi connectivity index (χ0) is 20.1. The Morgan fingerprint density at radius 3 is 2.46 bits per heavy atom. The van der Waals surface area contributed by atoms with Crippen molar-refractivity contribution in [3.63, 3.8) is 0 Å². The zero-order valence-electron chi connectivity index (χ0n) is 16.4. The number of carbonyl (C=O) groups excluding carboxylic acids is 1. The summed E-state index contributed by atoms with van der Waals surface area (Å²) < 4.78 is 29.0. The van der Waals surface area contributed by atoms with Gasteiger partial charge in [0.25, 0.3) is 10.2 Å². The largest absolute Gasteiger partial charge is 0.355 e. The molecule has 0 aromatic heterocycles.